The molecule has 4 nitrogen and oxygen atoms in total. The second-order valence-corrected chi connectivity index (χ2v) is 4.43. The Morgan fingerprint density at radius 1 is 1.24 bits per heavy atom. The molecule has 1 heterocycles. The molecule has 2 atom stereocenters. The molecule has 1 aliphatic rings. The molecule has 0 aliphatic carbocycles. The zero-order valence-electron chi connectivity index (χ0n) is 9.96. The number of hydrogen-bond donors (Lipinski definition) is 2. The van der Waals surface area contributed by atoms with E-state index in [9.17, 15) is 5.11 Å². The van der Waals surface area contributed by atoms with Crippen molar-refractivity contribution in [1.82, 2.24) is 4.90 Å². The maximum atomic E-state index is 10.1. The van der Waals surface area contributed by atoms with Crippen LogP contribution >= 0.6 is 0 Å². The van der Waals surface area contributed by atoms with Crippen LogP contribution in [0.15, 0.2) is 30.3 Å². The van der Waals surface area contributed by atoms with E-state index in [1.807, 2.05) is 30.3 Å². The van der Waals surface area contributed by atoms with Crippen LogP contribution in [0.25, 0.3) is 0 Å². The zero-order chi connectivity index (χ0) is 12.1. The van der Waals surface area contributed by atoms with Gasteiger partial charge in [0.1, 0.15) is 0 Å². The normalized spacial score (nSPS) is 21.1. The van der Waals surface area contributed by atoms with Crippen LogP contribution < -0.4 is 5.73 Å². The van der Waals surface area contributed by atoms with E-state index in [1.165, 1.54) is 0 Å². The average molecular weight is 236 g/mol. The Morgan fingerprint density at radius 3 is 2.53 bits per heavy atom. The highest BCUT2D eigenvalue weighted by Crippen LogP contribution is 2.16. The summed E-state index contributed by atoms with van der Waals surface area (Å²) < 4.78 is 5.28. The Labute approximate surface area is 102 Å². The Kier molecular flexibility index (Phi) is 4.50. The number of aliphatic hydroxyl groups excluding tert-OH is 1. The van der Waals surface area contributed by atoms with E-state index in [4.69, 9.17) is 10.5 Å². The van der Waals surface area contributed by atoms with E-state index in [0.29, 0.717) is 6.54 Å². The topological polar surface area (TPSA) is 58.7 Å². The fourth-order valence-corrected chi connectivity index (χ4v) is 2.08. The number of nitrogens with zero attached hydrogens (tertiary/aromatic N) is 1. The van der Waals surface area contributed by atoms with E-state index in [2.05, 4.69) is 4.90 Å². The molecule has 0 aromatic heterocycles. The molecule has 0 saturated carbocycles. The number of aliphatic hydroxyl groups is 1. The van der Waals surface area contributed by atoms with Crippen LogP contribution in [0.3, 0.4) is 0 Å². The molecule has 94 valence electrons. The minimum atomic E-state index is -0.598. The molecule has 0 spiro atoms. The van der Waals surface area contributed by atoms with Crippen LogP contribution in [0.1, 0.15) is 11.7 Å². The van der Waals surface area contributed by atoms with Gasteiger partial charge in [-0.15, -0.1) is 0 Å². The van der Waals surface area contributed by atoms with Gasteiger partial charge in [-0.25, -0.2) is 0 Å². The van der Waals surface area contributed by atoms with E-state index >= 15 is 0 Å². The number of hydrogen-bond acceptors (Lipinski definition) is 4. The first-order valence-electron chi connectivity index (χ1n) is 6.06. The first-order valence-corrected chi connectivity index (χ1v) is 6.06. The van der Waals surface area contributed by atoms with E-state index in [0.717, 1.165) is 31.9 Å². The minimum Gasteiger partial charge on any atom is -0.387 e. The summed E-state index contributed by atoms with van der Waals surface area (Å²) >= 11 is 0. The van der Waals surface area contributed by atoms with E-state index < -0.39 is 6.10 Å². The van der Waals surface area contributed by atoms with Gasteiger partial charge in [0.15, 0.2) is 0 Å². The maximum absolute atomic E-state index is 10.1. The molecular weight excluding hydrogens is 216 g/mol. The lowest BCUT2D eigenvalue weighted by Gasteiger charge is -2.30. The van der Waals surface area contributed by atoms with E-state index in [-0.39, 0.29) is 6.04 Å². The standard InChI is InChI=1S/C13H20N2O2/c14-12(10-15-6-8-17-9-7-15)13(16)11-4-2-1-3-5-11/h1-5,12-13,16H,6-10,14H2/t12?,13-/m1/s1. The molecule has 1 aromatic carbocycles. The highest BCUT2D eigenvalue weighted by Gasteiger charge is 2.20. The van der Waals surface area contributed by atoms with Crippen LogP contribution in [0.5, 0.6) is 0 Å². The first-order chi connectivity index (χ1) is 8.27. The van der Waals surface area contributed by atoms with E-state index in [1.54, 1.807) is 0 Å². The highest BCUT2D eigenvalue weighted by atomic mass is 16.5. The summed E-state index contributed by atoms with van der Waals surface area (Å²) in [7, 11) is 0. The average Bonchev–Trinajstić information content (AvgIpc) is 2.40. The molecule has 1 saturated heterocycles. The first kappa shape index (κ1) is 12.5. The van der Waals surface area contributed by atoms with Gasteiger partial charge in [0.25, 0.3) is 0 Å². The fourth-order valence-electron chi connectivity index (χ4n) is 2.08. The van der Waals surface area contributed by atoms with Gasteiger partial charge in [-0.1, -0.05) is 30.3 Å². The SMILES string of the molecule is NC(CN1CCOCC1)[C@H](O)c1ccccc1. The second kappa shape index (κ2) is 6.12. The van der Waals surface area contributed by atoms with Gasteiger partial charge in [-0.05, 0) is 5.56 Å². The number of rotatable bonds is 4. The highest BCUT2D eigenvalue weighted by molar-refractivity contribution is 5.18. The van der Waals surface area contributed by atoms with Crippen molar-refractivity contribution in [1.29, 1.82) is 0 Å². The molecule has 4 heteroatoms. The monoisotopic (exact) mass is 236 g/mol. The van der Waals surface area contributed by atoms with Crippen molar-refractivity contribution in [3.05, 3.63) is 35.9 Å². The lowest BCUT2D eigenvalue weighted by molar-refractivity contribution is 0.0249. The van der Waals surface area contributed by atoms with Crippen LogP contribution in [0.4, 0.5) is 0 Å². The number of benzene rings is 1. The summed E-state index contributed by atoms with van der Waals surface area (Å²) in [6, 6.07) is 9.33. The molecular formula is C13H20N2O2. The molecule has 1 aliphatic heterocycles. The van der Waals surface area contributed by atoms with Crippen molar-refractivity contribution < 1.29 is 9.84 Å². The zero-order valence-corrected chi connectivity index (χ0v) is 9.96. The molecule has 1 fully saturated rings. The summed E-state index contributed by atoms with van der Waals surface area (Å²) in [5, 5.41) is 10.1. The Morgan fingerprint density at radius 2 is 1.88 bits per heavy atom. The van der Waals surface area contributed by atoms with Gasteiger partial charge < -0.3 is 15.6 Å². The number of ether oxygens (including phenoxy) is 1. The third-order valence-electron chi connectivity index (χ3n) is 3.12. The summed E-state index contributed by atoms with van der Waals surface area (Å²) in [6.45, 7) is 4.02. The number of morpholine rings is 1. The second-order valence-electron chi connectivity index (χ2n) is 4.43. The smallest absolute Gasteiger partial charge is 0.0953 e. The van der Waals surface area contributed by atoms with Crippen molar-refractivity contribution in [2.24, 2.45) is 5.73 Å². The quantitative estimate of drug-likeness (QED) is 0.793. The molecule has 3 N–H and O–H groups in total. The van der Waals surface area contributed by atoms with Crippen LogP contribution in [-0.4, -0.2) is 48.9 Å². The van der Waals surface area contributed by atoms with Gasteiger partial charge in [0.2, 0.25) is 0 Å². The summed E-state index contributed by atoms with van der Waals surface area (Å²) in [6.07, 6.45) is -0.598. The van der Waals surface area contributed by atoms with Gasteiger partial charge in [-0.2, -0.15) is 0 Å². The Hall–Kier alpha value is -0.940. The third kappa shape index (κ3) is 3.51. The van der Waals surface area contributed by atoms with Crippen molar-refractivity contribution >= 4 is 0 Å². The molecule has 0 amide bonds. The maximum Gasteiger partial charge on any atom is 0.0953 e. The summed E-state index contributed by atoms with van der Waals surface area (Å²) in [5.41, 5.74) is 6.93. The fraction of sp³-hybridized carbons (Fsp3) is 0.538. The van der Waals surface area contributed by atoms with Crippen molar-refractivity contribution in [3.63, 3.8) is 0 Å². The molecule has 1 unspecified atom stereocenters. The molecule has 2 rings (SSSR count). The largest absolute Gasteiger partial charge is 0.387 e. The van der Waals surface area contributed by atoms with Crippen LogP contribution in [-0.2, 0) is 4.74 Å². The van der Waals surface area contributed by atoms with Gasteiger partial charge in [0, 0.05) is 25.7 Å². The Bertz CT molecular complexity index is 325. The Balaban J connectivity index is 1.88. The molecule has 17 heavy (non-hydrogen) atoms. The molecule has 0 bridgehead atoms. The van der Waals surface area contributed by atoms with Gasteiger partial charge >= 0.3 is 0 Å². The summed E-state index contributed by atoms with van der Waals surface area (Å²) in [4.78, 5) is 2.24. The third-order valence-corrected chi connectivity index (χ3v) is 3.12. The van der Waals surface area contributed by atoms with Crippen LogP contribution in [0, 0.1) is 0 Å². The van der Waals surface area contributed by atoms with Crippen molar-refractivity contribution in [2.75, 3.05) is 32.8 Å². The molecule has 1 aromatic rings. The van der Waals surface area contributed by atoms with Crippen LogP contribution in [0.2, 0.25) is 0 Å². The number of nitrogens with two attached hydrogens (primary N) is 1. The van der Waals surface area contributed by atoms with Crippen molar-refractivity contribution in [3.8, 4) is 0 Å². The van der Waals surface area contributed by atoms with Gasteiger partial charge in [-0.3, -0.25) is 4.90 Å². The molecule has 0 radical (unpaired) electrons. The summed E-state index contributed by atoms with van der Waals surface area (Å²) in [5.74, 6) is 0. The lowest BCUT2D eigenvalue weighted by atomic mass is 10.0. The predicted octanol–water partition coefficient (Wildman–Crippen LogP) is 0.380. The lowest BCUT2D eigenvalue weighted by Crippen LogP contribution is -2.45. The minimum absolute atomic E-state index is 0.254. The van der Waals surface area contributed by atoms with Gasteiger partial charge in [0.05, 0.1) is 19.3 Å². The van der Waals surface area contributed by atoms with Crippen molar-refractivity contribution in [2.45, 2.75) is 12.1 Å². The predicted molar refractivity (Wildman–Crippen MR) is 66.6 cm³/mol.